The Hall–Kier alpha value is -0.920. The Morgan fingerprint density at radius 3 is 2.35 bits per heavy atom. The largest absolute Gasteiger partial charge is 0.399 e. The molecule has 0 radical (unpaired) electrons. The van der Waals surface area contributed by atoms with Crippen LogP contribution in [0.1, 0.15) is 0 Å². The Bertz CT molecular complexity index is 764. The van der Waals surface area contributed by atoms with E-state index in [-0.39, 0.29) is 4.90 Å². The zero-order valence-electron chi connectivity index (χ0n) is 10.0. The lowest BCUT2D eigenvalue weighted by Gasteiger charge is -2.09. The van der Waals surface area contributed by atoms with Gasteiger partial charge in [0.25, 0.3) is 0 Å². The van der Waals surface area contributed by atoms with Crippen LogP contribution < -0.4 is 10.9 Å². The zero-order valence-corrected chi connectivity index (χ0v) is 13.2. The molecule has 2 rings (SSSR count). The number of rotatable bonds is 3. The molecule has 4 nitrogen and oxygen atoms in total. The van der Waals surface area contributed by atoms with Crippen molar-refractivity contribution in [2.75, 3.05) is 5.73 Å². The van der Waals surface area contributed by atoms with E-state index in [2.05, 4.69) is 0 Å². The highest BCUT2D eigenvalue weighted by molar-refractivity contribution is 8.00. The van der Waals surface area contributed by atoms with Crippen molar-refractivity contribution in [3.8, 4) is 0 Å². The van der Waals surface area contributed by atoms with E-state index in [4.69, 9.17) is 34.1 Å². The minimum absolute atomic E-state index is 0.0430. The maximum atomic E-state index is 11.6. The zero-order chi connectivity index (χ0) is 14.9. The molecule has 0 fully saturated rings. The van der Waals surface area contributed by atoms with Crippen molar-refractivity contribution >= 4 is 50.7 Å². The third-order valence-corrected chi connectivity index (χ3v) is 5.28. The second-order valence-corrected chi connectivity index (χ2v) is 7.39. The lowest BCUT2D eigenvalue weighted by Crippen LogP contribution is -2.13. The van der Waals surface area contributed by atoms with Gasteiger partial charge in [0.2, 0.25) is 10.0 Å². The first-order chi connectivity index (χ1) is 9.27. The summed E-state index contributed by atoms with van der Waals surface area (Å²) in [6.45, 7) is 0. The van der Waals surface area contributed by atoms with E-state index in [1.54, 1.807) is 30.3 Å². The van der Waals surface area contributed by atoms with Crippen LogP contribution in [-0.4, -0.2) is 8.42 Å². The predicted molar refractivity (Wildman–Crippen MR) is 82.8 cm³/mol. The first-order valence-electron chi connectivity index (χ1n) is 5.32. The average Bonchev–Trinajstić information content (AvgIpc) is 2.34. The minimum Gasteiger partial charge on any atom is -0.399 e. The molecule has 2 aromatic carbocycles. The van der Waals surface area contributed by atoms with Crippen molar-refractivity contribution in [1.29, 1.82) is 0 Å². The number of nitrogen functional groups attached to an aromatic ring is 1. The molecular weight excluding hydrogens is 339 g/mol. The van der Waals surface area contributed by atoms with Gasteiger partial charge < -0.3 is 5.73 Å². The Morgan fingerprint density at radius 1 is 1.00 bits per heavy atom. The van der Waals surface area contributed by atoms with Crippen LogP contribution in [0.3, 0.4) is 0 Å². The number of primary sulfonamides is 1. The van der Waals surface area contributed by atoms with Gasteiger partial charge in [-0.05, 0) is 36.4 Å². The molecule has 0 aliphatic carbocycles. The molecule has 0 amide bonds. The molecule has 106 valence electrons. The molecular formula is C12H10Cl2N2O2S2. The predicted octanol–water partition coefficient (Wildman–Crippen LogP) is 3.37. The van der Waals surface area contributed by atoms with Gasteiger partial charge in [0.15, 0.2) is 0 Å². The van der Waals surface area contributed by atoms with Gasteiger partial charge in [-0.1, -0.05) is 35.0 Å². The summed E-state index contributed by atoms with van der Waals surface area (Å²) in [5.41, 5.74) is 5.91. The van der Waals surface area contributed by atoms with Gasteiger partial charge in [-0.25, -0.2) is 13.6 Å². The SMILES string of the molecule is Nc1ccc(Sc2cc(Cl)ccc2Cl)c(S(N)(=O)=O)c1. The molecule has 8 heteroatoms. The van der Waals surface area contributed by atoms with Crippen LogP contribution in [0.5, 0.6) is 0 Å². The third kappa shape index (κ3) is 3.59. The second kappa shape index (κ2) is 5.83. The van der Waals surface area contributed by atoms with Crippen LogP contribution in [0.25, 0.3) is 0 Å². The smallest absolute Gasteiger partial charge is 0.239 e. The van der Waals surface area contributed by atoms with Crippen molar-refractivity contribution in [3.63, 3.8) is 0 Å². The fourth-order valence-electron chi connectivity index (χ4n) is 1.51. The van der Waals surface area contributed by atoms with Gasteiger partial charge in [-0.2, -0.15) is 0 Å². The van der Waals surface area contributed by atoms with Crippen LogP contribution in [0, 0.1) is 0 Å². The van der Waals surface area contributed by atoms with Gasteiger partial charge in [0, 0.05) is 20.5 Å². The Balaban J connectivity index is 2.52. The summed E-state index contributed by atoms with van der Waals surface area (Å²) in [6, 6.07) is 9.43. The monoisotopic (exact) mass is 348 g/mol. The summed E-state index contributed by atoms with van der Waals surface area (Å²) < 4.78 is 23.2. The van der Waals surface area contributed by atoms with Gasteiger partial charge in [0.1, 0.15) is 0 Å². The van der Waals surface area contributed by atoms with Crippen LogP contribution in [0.4, 0.5) is 5.69 Å². The van der Waals surface area contributed by atoms with Crippen molar-refractivity contribution in [1.82, 2.24) is 0 Å². The second-order valence-electron chi connectivity index (χ2n) is 3.93. The summed E-state index contributed by atoms with van der Waals surface area (Å²) in [5, 5.41) is 6.17. The number of sulfonamides is 1. The van der Waals surface area contributed by atoms with Crippen LogP contribution in [-0.2, 0) is 10.0 Å². The summed E-state index contributed by atoms with van der Waals surface area (Å²) >= 11 is 13.1. The fourth-order valence-corrected chi connectivity index (χ4v) is 3.98. The van der Waals surface area contributed by atoms with Crippen LogP contribution in [0.15, 0.2) is 51.1 Å². The molecule has 0 aliphatic rings. The molecule has 0 aliphatic heterocycles. The summed E-state index contributed by atoms with van der Waals surface area (Å²) in [6.07, 6.45) is 0. The van der Waals surface area contributed by atoms with Gasteiger partial charge >= 0.3 is 0 Å². The molecule has 4 N–H and O–H groups in total. The third-order valence-electron chi connectivity index (χ3n) is 2.39. The molecule has 0 bridgehead atoms. The maximum absolute atomic E-state index is 11.6. The molecule has 0 saturated carbocycles. The first kappa shape index (κ1) is 15.5. The van der Waals surface area contributed by atoms with Crippen molar-refractivity contribution in [3.05, 3.63) is 46.4 Å². The Morgan fingerprint density at radius 2 is 1.70 bits per heavy atom. The summed E-state index contributed by atoms with van der Waals surface area (Å²) in [4.78, 5) is 1.03. The van der Waals surface area contributed by atoms with Crippen molar-refractivity contribution < 1.29 is 8.42 Å². The molecule has 0 atom stereocenters. The Kier molecular flexibility index (Phi) is 4.51. The molecule has 20 heavy (non-hydrogen) atoms. The van der Waals surface area contributed by atoms with Crippen LogP contribution >= 0.6 is 35.0 Å². The molecule has 0 saturated heterocycles. The molecule has 0 heterocycles. The first-order valence-corrected chi connectivity index (χ1v) is 8.44. The quantitative estimate of drug-likeness (QED) is 0.832. The van der Waals surface area contributed by atoms with E-state index in [1.165, 1.54) is 6.07 Å². The molecule has 0 aromatic heterocycles. The van der Waals surface area contributed by atoms with Gasteiger partial charge in [-0.15, -0.1) is 0 Å². The van der Waals surface area contributed by atoms with E-state index in [9.17, 15) is 8.42 Å². The van der Waals surface area contributed by atoms with Gasteiger partial charge in [-0.3, -0.25) is 0 Å². The summed E-state index contributed by atoms with van der Waals surface area (Å²) in [5.74, 6) is 0. The standard InChI is InChI=1S/C12H10Cl2N2O2S2/c13-7-1-3-9(14)11(5-7)19-10-4-2-8(15)6-12(10)20(16,17)18/h1-6H,15H2,(H2,16,17,18). The van der Waals surface area contributed by atoms with Crippen molar-refractivity contribution in [2.24, 2.45) is 5.14 Å². The normalized spacial score (nSPS) is 11.6. The lowest BCUT2D eigenvalue weighted by atomic mass is 10.3. The highest BCUT2D eigenvalue weighted by Gasteiger charge is 2.16. The van der Waals surface area contributed by atoms with E-state index in [0.717, 1.165) is 11.8 Å². The average molecular weight is 349 g/mol. The number of anilines is 1. The molecule has 0 unspecified atom stereocenters. The molecule has 2 aromatic rings. The number of halogens is 2. The Labute approximate surface area is 131 Å². The highest BCUT2D eigenvalue weighted by atomic mass is 35.5. The number of hydrogen-bond donors (Lipinski definition) is 2. The fraction of sp³-hybridized carbons (Fsp3) is 0. The molecule has 0 spiro atoms. The van der Waals surface area contributed by atoms with Gasteiger partial charge in [0.05, 0.1) is 9.92 Å². The highest BCUT2D eigenvalue weighted by Crippen LogP contribution is 2.38. The van der Waals surface area contributed by atoms with E-state index >= 15 is 0 Å². The maximum Gasteiger partial charge on any atom is 0.239 e. The minimum atomic E-state index is -3.88. The number of hydrogen-bond acceptors (Lipinski definition) is 4. The van der Waals surface area contributed by atoms with Crippen LogP contribution in [0.2, 0.25) is 10.0 Å². The summed E-state index contributed by atoms with van der Waals surface area (Å²) in [7, 11) is -3.88. The van der Waals surface area contributed by atoms with Crippen molar-refractivity contribution in [2.45, 2.75) is 14.7 Å². The topological polar surface area (TPSA) is 86.2 Å². The van der Waals surface area contributed by atoms with E-state index in [1.807, 2.05) is 0 Å². The number of nitrogens with two attached hydrogens (primary N) is 2. The van der Waals surface area contributed by atoms with E-state index < -0.39 is 10.0 Å². The van der Waals surface area contributed by atoms with E-state index in [0.29, 0.717) is 25.5 Å². The lowest BCUT2D eigenvalue weighted by molar-refractivity contribution is 0.596. The number of benzene rings is 2.